The van der Waals surface area contributed by atoms with E-state index in [9.17, 15) is 4.79 Å². The lowest BCUT2D eigenvalue weighted by molar-refractivity contribution is -0.119. The van der Waals surface area contributed by atoms with Crippen LogP contribution < -0.4 is 11.1 Å². The summed E-state index contributed by atoms with van der Waals surface area (Å²) in [5.74, 6) is 0.622. The summed E-state index contributed by atoms with van der Waals surface area (Å²) < 4.78 is 0. The van der Waals surface area contributed by atoms with Crippen LogP contribution in [-0.2, 0) is 4.79 Å². The van der Waals surface area contributed by atoms with Crippen molar-refractivity contribution in [1.82, 2.24) is 14.9 Å². The summed E-state index contributed by atoms with van der Waals surface area (Å²) in [5, 5.41) is 4.55. The Labute approximate surface area is 123 Å². The van der Waals surface area contributed by atoms with Gasteiger partial charge in [0.25, 0.3) is 0 Å². The van der Waals surface area contributed by atoms with E-state index in [4.69, 9.17) is 5.73 Å². The average Bonchev–Trinajstić information content (AvgIpc) is 2.49. The van der Waals surface area contributed by atoms with Crippen LogP contribution in [0.15, 0.2) is 30.6 Å². The van der Waals surface area contributed by atoms with Gasteiger partial charge in [-0.2, -0.15) is 0 Å². The van der Waals surface area contributed by atoms with Crippen LogP contribution in [0.2, 0.25) is 0 Å². The summed E-state index contributed by atoms with van der Waals surface area (Å²) in [6.45, 7) is 2.11. The summed E-state index contributed by atoms with van der Waals surface area (Å²) in [6, 6.07) is 8.35. The Morgan fingerprint density at radius 1 is 1.29 bits per heavy atom. The first kappa shape index (κ1) is 13.8. The summed E-state index contributed by atoms with van der Waals surface area (Å²) in [4.78, 5) is 21.7. The number of likely N-dealkylation sites (tertiary alicyclic amines) is 1. The van der Waals surface area contributed by atoms with Gasteiger partial charge in [-0.1, -0.05) is 12.1 Å². The molecular weight excluding hydrogens is 266 g/mol. The van der Waals surface area contributed by atoms with E-state index in [1.54, 1.807) is 6.33 Å². The van der Waals surface area contributed by atoms with Crippen LogP contribution in [0.25, 0.3) is 10.9 Å². The first-order valence-corrected chi connectivity index (χ1v) is 7.19. The number of nitrogens with two attached hydrogens (primary N) is 1. The molecule has 1 fully saturated rings. The molecule has 0 unspecified atom stereocenters. The second-order valence-corrected chi connectivity index (χ2v) is 5.40. The molecule has 0 aliphatic carbocycles. The molecule has 21 heavy (non-hydrogen) atoms. The molecule has 1 saturated heterocycles. The number of aromatic nitrogens is 2. The van der Waals surface area contributed by atoms with E-state index in [1.807, 2.05) is 24.3 Å². The van der Waals surface area contributed by atoms with Crippen molar-refractivity contribution in [3.05, 3.63) is 30.6 Å². The number of fused-ring (bicyclic) bond motifs is 1. The van der Waals surface area contributed by atoms with Gasteiger partial charge in [0.15, 0.2) is 0 Å². The molecule has 0 spiro atoms. The molecule has 1 aliphatic rings. The van der Waals surface area contributed by atoms with Crippen molar-refractivity contribution >= 4 is 22.6 Å². The molecule has 1 aliphatic heterocycles. The Morgan fingerprint density at radius 3 is 2.81 bits per heavy atom. The summed E-state index contributed by atoms with van der Waals surface area (Å²) >= 11 is 0. The number of hydrogen-bond acceptors (Lipinski definition) is 5. The topological polar surface area (TPSA) is 84.1 Å². The second kappa shape index (κ2) is 6.05. The minimum absolute atomic E-state index is 0.261. The summed E-state index contributed by atoms with van der Waals surface area (Å²) in [6.07, 6.45) is 3.55. The molecule has 2 aromatic rings. The van der Waals surface area contributed by atoms with Crippen LogP contribution >= 0.6 is 0 Å². The zero-order valence-electron chi connectivity index (χ0n) is 11.8. The number of hydrogen-bond donors (Lipinski definition) is 2. The number of nitrogens with one attached hydrogen (secondary N) is 1. The molecule has 1 amide bonds. The third-order valence-electron chi connectivity index (χ3n) is 3.85. The van der Waals surface area contributed by atoms with Crippen LogP contribution in [0.3, 0.4) is 0 Å². The van der Waals surface area contributed by atoms with Crippen LogP contribution in [-0.4, -0.2) is 46.5 Å². The van der Waals surface area contributed by atoms with E-state index in [2.05, 4.69) is 20.2 Å². The largest absolute Gasteiger partial charge is 0.369 e. The van der Waals surface area contributed by atoms with Gasteiger partial charge in [-0.15, -0.1) is 0 Å². The van der Waals surface area contributed by atoms with Gasteiger partial charge in [0.1, 0.15) is 12.1 Å². The minimum atomic E-state index is -0.261. The lowest BCUT2D eigenvalue weighted by atomic mass is 10.0. The Bertz CT molecular complexity index is 632. The number of rotatable bonds is 4. The fourth-order valence-electron chi connectivity index (χ4n) is 2.77. The zero-order chi connectivity index (χ0) is 14.7. The number of piperidine rings is 1. The Hall–Kier alpha value is -2.21. The van der Waals surface area contributed by atoms with Gasteiger partial charge < -0.3 is 11.1 Å². The molecule has 3 N–H and O–H groups in total. The van der Waals surface area contributed by atoms with E-state index in [0.29, 0.717) is 12.6 Å². The van der Waals surface area contributed by atoms with E-state index < -0.39 is 0 Å². The van der Waals surface area contributed by atoms with E-state index in [1.165, 1.54) is 0 Å². The number of carbonyl (C=O) groups excluding carboxylic acids is 1. The molecule has 3 rings (SSSR count). The highest BCUT2D eigenvalue weighted by Gasteiger charge is 2.20. The van der Waals surface area contributed by atoms with Crippen LogP contribution in [0, 0.1) is 0 Å². The van der Waals surface area contributed by atoms with Crippen molar-refractivity contribution in [3.8, 4) is 0 Å². The third kappa shape index (κ3) is 3.28. The second-order valence-electron chi connectivity index (χ2n) is 5.40. The van der Waals surface area contributed by atoms with Crippen LogP contribution in [0.1, 0.15) is 12.8 Å². The predicted octanol–water partition coefficient (Wildman–Crippen LogP) is 0.991. The fraction of sp³-hybridized carbons (Fsp3) is 0.400. The Morgan fingerprint density at radius 2 is 2.05 bits per heavy atom. The van der Waals surface area contributed by atoms with Gasteiger partial charge in [0.2, 0.25) is 5.91 Å². The summed E-state index contributed by atoms with van der Waals surface area (Å²) in [7, 11) is 0. The van der Waals surface area contributed by atoms with Crippen molar-refractivity contribution < 1.29 is 4.79 Å². The molecular formula is C15H19N5O. The smallest absolute Gasteiger partial charge is 0.231 e. The summed E-state index contributed by atoms with van der Waals surface area (Å²) in [5.41, 5.74) is 6.18. The number of nitrogens with zero attached hydrogens (tertiary/aromatic N) is 3. The molecule has 0 saturated carbocycles. The van der Waals surface area contributed by atoms with E-state index >= 15 is 0 Å². The number of primary amides is 1. The third-order valence-corrected chi connectivity index (χ3v) is 3.85. The number of para-hydroxylation sites is 1. The fourth-order valence-corrected chi connectivity index (χ4v) is 2.77. The lowest BCUT2D eigenvalue weighted by Gasteiger charge is -2.31. The molecule has 6 heteroatoms. The van der Waals surface area contributed by atoms with Gasteiger partial charge >= 0.3 is 0 Å². The standard InChI is InChI=1S/C15H19N5O/c16-14(21)9-20-7-5-11(6-8-20)19-15-12-3-1-2-4-13(12)17-10-18-15/h1-4,10-11H,5-9H2,(H2,16,21)(H,17,18,19). The number of carbonyl (C=O) groups is 1. The quantitative estimate of drug-likeness (QED) is 0.875. The number of amides is 1. The minimum Gasteiger partial charge on any atom is -0.369 e. The van der Waals surface area contributed by atoms with Gasteiger partial charge in [0, 0.05) is 24.5 Å². The molecule has 6 nitrogen and oxygen atoms in total. The van der Waals surface area contributed by atoms with Crippen LogP contribution in [0.4, 0.5) is 5.82 Å². The van der Waals surface area contributed by atoms with E-state index in [-0.39, 0.29) is 5.91 Å². The highest BCUT2D eigenvalue weighted by atomic mass is 16.1. The molecule has 0 bridgehead atoms. The van der Waals surface area contributed by atoms with Gasteiger partial charge in [-0.25, -0.2) is 9.97 Å². The molecule has 1 aromatic carbocycles. The Balaban J connectivity index is 1.66. The molecule has 0 radical (unpaired) electrons. The van der Waals surface area contributed by atoms with Crippen molar-refractivity contribution in [1.29, 1.82) is 0 Å². The highest BCUT2D eigenvalue weighted by molar-refractivity contribution is 5.88. The van der Waals surface area contributed by atoms with Crippen molar-refractivity contribution in [2.45, 2.75) is 18.9 Å². The molecule has 110 valence electrons. The lowest BCUT2D eigenvalue weighted by Crippen LogP contribution is -2.43. The molecule has 0 atom stereocenters. The average molecular weight is 285 g/mol. The van der Waals surface area contributed by atoms with Crippen molar-refractivity contribution in [3.63, 3.8) is 0 Å². The SMILES string of the molecule is NC(=O)CN1CCC(Nc2ncnc3ccccc23)CC1. The van der Waals surface area contributed by atoms with Gasteiger partial charge in [-0.3, -0.25) is 9.69 Å². The first-order chi connectivity index (χ1) is 10.2. The first-order valence-electron chi connectivity index (χ1n) is 7.19. The number of anilines is 1. The number of benzene rings is 1. The maximum atomic E-state index is 10.9. The zero-order valence-corrected chi connectivity index (χ0v) is 11.8. The van der Waals surface area contributed by atoms with Crippen LogP contribution in [0.5, 0.6) is 0 Å². The maximum Gasteiger partial charge on any atom is 0.231 e. The normalized spacial score (nSPS) is 17.0. The molecule has 2 heterocycles. The van der Waals surface area contributed by atoms with Gasteiger partial charge in [-0.05, 0) is 25.0 Å². The predicted molar refractivity (Wildman–Crippen MR) is 81.8 cm³/mol. The van der Waals surface area contributed by atoms with Crippen molar-refractivity contribution in [2.24, 2.45) is 5.73 Å². The maximum absolute atomic E-state index is 10.9. The van der Waals surface area contributed by atoms with Crippen molar-refractivity contribution in [2.75, 3.05) is 25.0 Å². The Kier molecular flexibility index (Phi) is 3.96. The highest BCUT2D eigenvalue weighted by Crippen LogP contribution is 2.21. The van der Waals surface area contributed by atoms with E-state index in [0.717, 1.165) is 42.7 Å². The molecule has 1 aromatic heterocycles. The van der Waals surface area contributed by atoms with Gasteiger partial charge in [0.05, 0.1) is 12.1 Å². The monoisotopic (exact) mass is 285 g/mol.